The van der Waals surface area contributed by atoms with Crippen molar-refractivity contribution in [1.29, 1.82) is 0 Å². The molecule has 0 fully saturated rings. The number of thiophene rings is 1. The van der Waals surface area contributed by atoms with Crippen LogP contribution in [0.4, 0.5) is 13.2 Å². The van der Waals surface area contributed by atoms with Gasteiger partial charge >= 0.3 is 6.18 Å². The molecule has 0 bridgehead atoms. The number of rotatable bonds is 6. The zero-order valence-electron chi connectivity index (χ0n) is 14.8. The molecule has 5 nitrogen and oxygen atoms in total. The van der Waals surface area contributed by atoms with Crippen molar-refractivity contribution in [3.05, 3.63) is 52.5 Å². The van der Waals surface area contributed by atoms with E-state index in [1.165, 1.54) is 12.1 Å². The van der Waals surface area contributed by atoms with Gasteiger partial charge in [0.25, 0.3) is 0 Å². The number of para-hydroxylation sites is 2. The molecule has 0 spiro atoms. The van der Waals surface area contributed by atoms with E-state index in [0.29, 0.717) is 6.54 Å². The van der Waals surface area contributed by atoms with Crippen LogP contribution in [-0.4, -0.2) is 41.0 Å². The van der Waals surface area contributed by atoms with E-state index in [1.54, 1.807) is 23.5 Å². The molecule has 3 aromatic rings. The van der Waals surface area contributed by atoms with Gasteiger partial charge in [0.1, 0.15) is 6.54 Å². The first-order valence-electron chi connectivity index (χ1n) is 8.26. The minimum atomic E-state index is -4.64. The quantitative estimate of drug-likeness (QED) is 0.694. The van der Waals surface area contributed by atoms with E-state index < -0.39 is 24.5 Å². The fourth-order valence-corrected chi connectivity index (χ4v) is 3.80. The van der Waals surface area contributed by atoms with Gasteiger partial charge in [-0.05, 0) is 37.7 Å². The van der Waals surface area contributed by atoms with Crippen molar-refractivity contribution in [3.8, 4) is 0 Å². The molecule has 0 radical (unpaired) electrons. The van der Waals surface area contributed by atoms with Crippen LogP contribution < -0.4 is 5.32 Å². The van der Waals surface area contributed by atoms with Crippen LogP contribution in [0.2, 0.25) is 0 Å². The van der Waals surface area contributed by atoms with E-state index >= 15 is 0 Å². The minimum Gasteiger partial charge on any atom is -0.353 e. The second-order valence-corrected chi connectivity index (χ2v) is 7.29. The van der Waals surface area contributed by atoms with Gasteiger partial charge in [-0.25, -0.2) is 4.98 Å². The van der Waals surface area contributed by atoms with Crippen molar-refractivity contribution in [2.75, 3.05) is 20.6 Å². The molecule has 9 heteroatoms. The maximum Gasteiger partial charge on any atom is 0.449 e. The number of imidazole rings is 1. The molecule has 0 saturated carbocycles. The van der Waals surface area contributed by atoms with Crippen molar-refractivity contribution in [2.45, 2.75) is 18.8 Å². The van der Waals surface area contributed by atoms with Crippen LogP contribution in [0.1, 0.15) is 16.7 Å². The topological polar surface area (TPSA) is 50.2 Å². The lowest BCUT2D eigenvalue weighted by atomic mass is 10.2. The number of benzene rings is 1. The van der Waals surface area contributed by atoms with Gasteiger partial charge in [0.2, 0.25) is 11.7 Å². The summed E-state index contributed by atoms with van der Waals surface area (Å²) in [6.45, 7) is -0.139. The Morgan fingerprint density at radius 3 is 2.63 bits per heavy atom. The Morgan fingerprint density at radius 1 is 1.26 bits per heavy atom. The molecule has 1 amide bonds. The predicted octanol–water partition coefficient (Wildman–Crippen LogP) is 3.54. The Balaban J connectivity index is 1.78. The summed E-state index contributed by atoms with van der Waals surface area (Å²) in [4.78, 5) is 19.1. The first-order chi connectivity index (χ1) is 12.8. The van der Waals surface area contributed by atoms with E-state index in [4.69, 9.17) is 0 Å². The van der Waals surface area contributed by atoms with Crippen LogP contribution in [0, 0.1) is 0 Å². The molecule has 0 unspecified atom stereocenters. The van der Waals surface area contributed by atoms with Crippen molar-refractivity contribution in [2.24, 2.45) is 0 Å². The number of carbonyl (C=O) groups is 1. The van der Waals surface area contributed by atoms with Gasteiger partial charge < -0.3 is 14.8 Å². The monoisotopic (exact) mass is 396 g/mol. The molecule has 1 N–H and O–H groups in total. The highest BCUT2D eigenvalue weighted by molar-refractivity contribution is 7.10. The molecule has 0 aliphatic rings. The summed E-state index contributed by atoms with van der Waals surface area (Å²) in [6, 6.07) is 10.1. The Bertz CT molecular complexity index is 918. The second kappa shape index (κ2) is 7.69. The smallest absolute Gasteiger partial charge is 0.353 e. The third kappa shape index (κ3) is 4.30. The average Bonchev–Trinajstić information content (AvgIpc) is 3.23. The Hall–Kier alpha value is -2.39. The molecule has 27 heavy (non-hydrogen) atoms. The van der Waals surface area contributed by atoms with Crippen molar-refractivity contribution in [1.82, 2.24) is 19.8 Å². The molecule has 0 aliphatic heterocycles. The van der Waals surface area contributed by atoms with E-state index in [1.807, 2.05) is 36.5 Å². The standard InChI is InChI=1S/C18H19F3N4OS/c1-24(2)14(15-8-5-9-27-15)10-22-16(26)11-25-13-7-4-3-6-12(13)23-17(25)18(19,20)21/h3-9,14H,10-11H2,1-2H3,(H,22,26)/t14-/m0/s1. The highest BCUT2D eigenvalue weighted by Crippen LogP contribution is 2.31. The zero-order valence-corrected chi connectivity index (χ0v) is 15.6. The average molecular weight is 396 g/mol. The fourth-order valence-electron chi connectivity index (χ4n) is 2.88. The highest BCUT2D eigenvalue weighted by atomic mass is 32.1. The molecule has 1 atom stereocenters. The van der Waals surface area contributed by atoms with Crippen LogP contribution in [0.25, 0.3) is 11.0 Å². The number of fused-ring (bicyclic) bond motifs is 1. The SMILES string of the molecule is CN(C)[C@@H](CNC(=O)Cn1c(C(F)(F)F)nc2ccccc21)c1cccs1. The Labute approximate surface area is 158 Å². The number of amides is 1. The number of halogens is 3. The summed E-state index contributed by atoms with van der Waals surface area (Å²) >= 11 is 1.57. The number of aromatic nitrogens is 2. The molecule has 0 aliphatic carbocycles. The van der Waals surface area contributed by atoms with E-state index in [2.05, 4.69) is 10.3 Å². The van der Waals surface area contributed by atoms with Crippen LogP contribution in [0.5, 0.6) is 0 Å². The third-order valence-electron chi connectivity index (χ3n) is 4.20. The number of alkyl halides is 3. The van der Waals surface area contributed by atoms with E-state index in [9.17, 15) is 18.0 Å². The van der Waals surface area contributed by atoms with Gasteiger partial charge in [-0.3, -0.25) is 4.79 Å². The maximum absolute atomic E-state index is 13.3. The number of nitrogens with zero attached hydrogens (tertiary/aromatic N) is 3. The molecule has 0 saturated heterocycles. The highest BCUT2D eigenvalue weighted by Gasteiger charge is 2.38. The van der Waals surface area contributed by atoms with E-state index in [0.717, 1.165) is 9.44 Å². The lowest BCUT2D eigenvalue weighted by molar-refractivity contribution is -0.147. The molecular weight excluding hydrogens is 377 g/mol. The first-order valence-corrected chi connectivity index (χ1v) is 9.14. The first kappa shape index (κ1) is 19.4. The van der Waals surface area contributed by atoms with Gasteiger partial charge in [-0.15, -0.1) is 11.3 Å². The van der Waals surface area contributed by atoms with Crippen molar-refractivity contribution in [3.63, 3.8) is 0 Å². The number of hydrogen-bond acceptors (Lipinski definition) is 4. The van der Waals surface area contributed by atoms with E-state index in [-0.39, 0.29) is 17.1 Å². The van der Waals surface area contributed by atoms with Crippen LogP contribution in [-0.2, 0) is 17.5 Å². The third-order valence-corrected chi connectivity index (χ3v) is 5.17. The van der Waals surface area contributed by atoms with Gasteiger partial charge in [0.15, 0.2) is 0 Å². The normalized spacial score (nSPS) is 13.3. The molecule has 144 valence electrons. The zero-order chi connectivity index (χ0) is 19.6. The summed E-state index contributed by atoms with van der Waals surface area (Å²) in [7, 11) is 3.78. The Morgan fingerprint density at radius 2 is 2.00 bits per heavy atom. The summed E-state index contributed by atoms with van der Waals surface area (Å²) in [6.07, 6.45) is -4.64. The molecule has 2 aromatic heterocycles. The van der Waals surface area contributed by atoms with Crippen molar-refractivity contribution >= 4 is 28.3 Å². The summed E-state index contributed by atoms with van der Waals surface area (Å²) < 4.78 is 40.9. The van der Waals surface area contributed by atoms with Crippen LogP contribution >= 0.6 is 11.3 Å². The number of likely N-dealkylation sites (N-methyl/N-ethyl adjacent to an activating group) is 1. The number of carbonyl (C=O) groups excluding carboxylic acids is 1. The summed E-state index contributed by atoms with van der Waals surface area (Å²) in [5.41, 5.74) is 0.491. The largest absolute Gasteiger partial charge is 0.449 e. The van der Waals surface area contributed by atoms with Crippen LogP contribution in [0.3, 0.4) is 0 Å². The van der Waals surface area contributed by atoms with Gasteiger partial charge in [-0.2, -0.15) is 13.2 Å². The van der Waals surface area contributed by atoms with Gasteiger partial charge in [0, 0.05) is 11.4 Å². The summed E-state index contributed by atoms with van der Waals surface area (Å²) in [5, 5.41) is 4.69. The molecule has 3 rings (SSSR count). The lowest BCUT2D eigenvalue weighted by Gasteiger charge is -2.23. The van der Waals surface area contributed by atoms with Gasteiger partial charge in [0.05, 0.1) is 17.1 Å². The fraction of sp³-hybridized carbons (Fsp3) is 0.333. The van der Waals surface area contributed by atoms with Gasteiger partial charge in [-0.1, -0.05) is 18.2 Å². The van der Waals surface area contributed by atoms with Crippen molar-refractivity contribution < 1.29 is 18.0 Å². The predicted molar refractivity (Wildman–Crippen MR) is 98.5 cm³/mol. The molecule has 1 aromatic carbocycles. The second-order valence-electron chi connectivity index (χ2n) is 6.31. The van der Waals surface area contributed by atoms with Crippen LogP contribution in [0.15, 0.2) is 41.8 Å². The number of hydrogen-bond donors (Lipinski definition) is 1. The molecular formula is C18H19F3N4OS. The summed E-state index contributed by atoms with van der Waals surface area (Å²) in [5.74, 6) is -1.56. The molecule has 2 heterocycles. The minimum absolute atomic E-state index is 0.0458. The maximum atomic E-state index is 13.3. The lowest BCUT2D eigenvalue weighted by Crippen LogP contribution is -2.36. The Kier molecular flexibility index (Phi) is 5.52. The number of nitrogens with one attached hydrogen (secondary N) is 1.